The highest BCUT2D eigenvalue weighted by atomic mass is 16.5. The number of hydrogen-bond acceptors (Lipinski definition) is 6. The summed E-state index contributed by atoms with van der Waals surface area (Å²) in [6, 6.07) is 12.1. The Balaban J connectivity index is 1.48. The highest BCUT2D eigenvalue weighted by Crippen LogP contribution is 2.31. The molecule has 4 rings (SSSR count). The Morgan fingerprint density at radius 1 is 1.00 bits per heavy atom. The number of nitrogens with one attached hydrogen (secondary N) is 2. The Hall–Kier alpha value is -3.10. The van der Waals surface area contributed by atoms with Crippen molar-refractivity contribution >= 4 is 23.2 Å². The SMILES string of the molecule is COc1ccc(C)cc1NC(=O)C(=O)NC[C@H](c1ccc2c(c1)CCCN2C)N1CCN(C)CC1. The number of aryl methyl sites for hydroxylation is 2. The molecule has 2 amide bonds. The lowest BCUT2D eigenvalue weighted by atomic mass is 9.95. The number of hydrogen-bond donors (Lipinski definition) is 2. The van der Waals surface area contributed by atoms with Gasteiger partial charge < -0.3 is 25.2 Å². The van der Waals surface area contributed by atoms with E-state index in [0.29, 0.717) is 18.0 Å². The predicted octanol–water partition coefficient (Wildman–Crippen LogP) is 2.43. The predicted molar refractivity (Wildman–Crippen MR) is 139 cm³/mol. The first kappa shape index (κ1) is 25.0. The molecule has 8 heteroatoms. The quantitative estimate of drug-likeness (QED) is 0.620. The Labute approximate surface area is 208 Å². The molecule has 2 aromatic rings. The minimum Gasteiger partial charge on any atom is -0.495 e. The minimum absolute atomic E-state index is 0.00601. The van der Waals surface area contributed by atoms with E-state index in [-0.39, 0.29) is 6.04 Å². The van der Waals surface area contributed by atoms with Gasteiger partial charge in [0.2, 0.25) is 0 Å². The van der Waals surface area contributed by atoms with E-state index < -0.39 is 11.8 Å². The Morgan fingerprint density at radius 3 is 2.51 bits per heavy atom. The van der Waals surface area contributed by atoms with E-state index in [9.17, 15) is 9.59 Å². The van der Waals surface area contributed by atoms with Gasteiger partial charge in [0.1, 0.15) is 5.75 Å². The van der Waals surface area contributed by atoms with Crippen LogP contribution in [0.5, 0.6) is 5.75 Å². The maximum absolute atomic E-state index is 12.8. The van der Waals surface area contributed by atoms with Crippen molar-refractivity contribution in [1.29, 1.82) is 0 Å². The minimum atomic E-state index is -0.696. The average molecular weight is 480 g/mol. The maximum Gasteiger partial charge on any atom is 0.313 e. The van der Waals surface area contributed by atoms with Crippen LogP contribution in [0.15, 0.2) is 36.4 Å². The number of nitrogens with zero attached hydrogens (tertiary/aromatic N) is 3. The first-order valence-electron chi connectivity index (χ1n) is 12.4. The Bertz CT molecular complexity index is 1060. The third-order valence-electron chi connectivity index (χ3n) is 7.08. The molecule has 0 aliphatic carbocycles. The summed E-state index contributed by atoms with van der Waals surface area (Å²) in [6.07, 6.45) is 2.21. The first-order valence-corrected chi connectivity index (χ1v) is 12.4. The van der Waals surface area contributed by atoms with Crippen LogP contribution in [-0.2, 0) is 16.0 Å². The highest BCUT2D eigenvalue weighted by molar-refractivity contribution is 6.39. The lowest BCUT2D eigenvalue weighted by Crippen LogP contribution is -2.49. The number of methoxy groups -OCH3 is 1. The van der Waals surface area contributed by atoms with Gasteiger partial charge in [0, 0.05) is 52.0 Å². The van der Waals surface area contributed by atoms with Crippen LogP contribution in [0.25, 0.3) is 0 Å². The number of ether oxygens (including phenoxy) is 1. The molecule has 2 N–H and O–H groups in total. The average Bonchev–Trinajstić information content (AvgIpc) is 2.85. The van der Waals surface area contributed by atoms with Crippen LogP contribution in [0.2, 0.25) is 0 Å². The van der Waals surface area contributed by atoms with Crippen molar-refractivity contribution in [3.63, 3.8) is 0 Å². The Kier molecular flexibility index (Phi) is 7.93. The molecule has 188 valence electrons. The summed E-state index contributed by atoms with van der Waals surface area (Å²) in [5, 5.41) is 5.59. The number of benzene rings is 2. The van der Waals surface area contributed by atoms with Gasteiger partial charge in [-0.15, -0.1) is 0 Å². The zero-order valence-electron chi connectivity index (χ0n) is 21.3. The number of likely N-dealkylation sites (N-methyl/N-ethyl adjacent to an activating group) is 1. The summed E-state index contributed by atoms with van der Waals surface area (Å²) in [7, 11) is 5.81. The number of rotatable bonds is 6. The van der Waals surface area contributed by atoms with Gasteiger partial charge >= 0.3 is 11.8 Å². The summed E-state index contributed by atoms with van der Waals surface area (Å²) < 4.78 is 5.32. The largest absolute Gasteiger partial charge is 0.495 e. The fourth-order valence-corrected chi connectivity index (χ4v) is 4.97. The van der Waals surface area contributed by atoms with Crippen LogP contribution in [0.3, 0.4) is 0 Å². The second-order valence-electron chi connectivity index (χ2n) is 9.64. The highest BCUT2D eigenvalue weighted by Gasteiger charge is 2.27. The van der Waals surface area contributed by atoms with E-state index in [2.05, 4.69) is 57.6 Å². The van der Waals surface area contributed by atoms with Crippen LogP contribution >= 0.6 is 0 Å². The van der Waals surface area contributed by atoms with Crippen molar-refractivity contribution in [2.75, 3.05) is 70.7 Å². The Morgan fingerprint density at radius 2 is 1.77 bits per heavy atom. The van der Waals surface area contributed by atoms with Crippen molar-refractivity contribution < 1.29 is 14.3 Å². The molecule has 35 heavy (non-hydrogen) atoms. The van der Waals surface area contributed by atoms with Gasteiger partial charge in [0.05, 0.1) is 18.8 Å². The zero-order chi connectivity index (χ0) is 24.9. The molecule has 2 aliphatic heterocycles. The summed E-state index contributed by atoms with van der Waals surface area (Å²) in [6.45, 7) is 7.16. The van der Waals surface area contributed by atoms with Crippen molar-refractivity contribution in [3.8, 4) is 5.75 Å². The van der Waals surface area contributed by atoms with Crippen LogP contribution in [0, 0.1) is 6.92 Å². The van der Waals surface area contributed by atoms with Gasteiger partial charge in [-0.1, -0.05) is 18.2 Å². The molecular weight excluding hydrogens is 442 g/mol. The molecule has 0 saturated carbocycles. The molecule has 0 spiro atoms. The molecule has 0 bridgehead atoms. The number of anilines is 2. The van der Waals surface area contributed by atoms with Crippen molar-refractivity contribution in [3.05, 3.63) is 53.1 Å². The van der Waals surface area contributed by atoms with Gasteiger partial charge in [-0.2, -0.15) is 0 Å². The molecule has 1 fully saturated rings. The van der Waals surface area contributed by atoms with E-state index in [4.69, 9.17) is 4.74 Å². The summed E-state index contributed by atoms with van der Waals surface area (Å²) in [5.74, 6) is -0.824. The van der Waals surface area contributed by atoms with Gasteiger partial charge in [0.25, 0.3) is 0 Å². The van der Waals surface area contributed by atoms with E-state index in [1.54, 1.807) is 12.1 Å². The normalized spacial score (nSPS) is 17.4. The summed E-state index contributed by atoms with van der Waals surface area (Å²) >= 11 is 0. The van der Waals surface area contributed by atoms with E-state index >= 15 is 0 Å². The molecule has 0 unspecified atom stereocenters. The fraction of sp³-hybridized carbons (Fsp3) is 0.481. The second kappa shape index (κ2) is 11.1. The lowest BCUT2D eigenvalue weighted by Gasteiger charge is -2.39. The zero-order valence-corrected chi connectivity index (χ0v) is 21.3. The molecule has 8 nitrogen and oxygen atoms in total. The molecule has 0 aromatic heterocycles. The number of fused-ring (bicyclic) bond motifs is 1. The maximum atomic E-state index is 12.8. The summed E-state index contributed by atoms with van der Waals surface area (Å²) in [5.41, 5.74) is 5.28. The van der Waals surface area contributed by atoms with E-state index in [0.717, 1.165) is 51.1 Å². The fourth-order valence-electron chi connectivity index (χ4n) is 4.97. The summed E-state index contributed by atoms with van der Waals surface area (Å²) in [4.78, 5) is 32.5. The van der Waals surface area contributed by atoms with Gasteiger partial charge in [-0.25, -0.2) is 0 Å². The second-order valence-corrected chi connectivity index (χ2v) is 9.64. The van der Waals surface area contributed by atoms with Crippen molar-refractivity contribution in [1.82, 2.24) is 15.1 Å². The first-order chi connectivity index (χ1) is 16.9. The lowest BCUT2D eigenvalue weighted by molar-refractivity contribution is -0.136. The van der Waals surface area contributed by atoms with Crippen molar-refractivity contribution in [2.45, 2.75) is 25.8 Å². The third-order valence-corrected chi connectivity index (χ3v) is 7.08. The van der Waals surface area contributed by atoms with Crippen LogP contribution < -0.4 is 20.3 Å². The third kappa shape index (κ3) is 5.94. The van der Waals surface area contributed by atoms with E-state index in [1.165, 1.54) is 23.9 Å². The molecule has 2 heterocycles. The molecule has 2 aliphatic rings. The molecule has 1 atom stereocenters. The molecule has 0 radical (unpaired) electrons. The smallest absolute Gasteiger partial charge is 0.313 e. The number of carbonyl (C=O) groups excluding carboxylic acids is 2. The van der Waals surface area contributed by atoms with Crippen LogP contribution in [0.1, 0.15) is 29.2 Å². The molecular formula is C27H37N5O3. The topological polar surface area (TPSA) is 77.1 Å². The number of amides is 2. The molecule has 1 saturated heterocycles. The monoisotopic (exact) mass is 479 g/mol. The van der Waals surface area contributed by atoms with Crippen LogP contribution in [-0.4, -0.2) is 82.1 Å². The van der Waals surface area contributed by atoms with Crippen LogP contribution in [0.4, 0.5) is 11.4 Å². The van der Waals surface area contributed by atoms with Gasteiger partial charge in [-0.3, -0.25) is 14.5 Å². The standard InChI is InChI=1S/C27H37N5O3/c1-19-7-10-25(35-4)22(16-19)29-27(34)26(33)28-18-24(32-14-12-30(2)13-15-32)21-8-9-23-20(17-21)6-5-11-31(23)3/h7-10,16-17,24H,5-6,11-15,18H2,1-4H3,(H,28,33)(H,29,34)/t24-/m1/s1. The van der Waals surface area contributed by atoms with E-state index in [1.807, 2.05) is 13.0 Å². The number of carbonyl (C=O) groups is 2. The van der Waals surface area contributed by atoms with Gasteiger partial charge in [-0.05, 0) is 61.7 Å². The molecule has 2 aromatic carbocycles. The van der Waals surface area contributed by atoms with Gasteiger partial charge in [0.15, 0.2) is 0 Å². The number of piperazine rings is 1. The van der Waals surface area contributed by atoms with Crippen molar-refractivity contribution in [2.24, 2.45) is 0 Å².